The normalized spacial score (nSPS) is 23.6. The molecule has 0 saturated carbocycles. The molecular formula is C12H15FN2O2. The van der Waals surface area contributed by atoms with Crippen LogP contribution in [0, 0.1) is 5.82 Å². The van der Waals surface area contributed by atoms with E-state index >= 15 is 0 Å². The van der Waals surface area contributed by atoms with Crippen LogP contribution in [0.4, 0.5) is 15.8 Å². The van der Waals surface area contributed by atoms with Crippen LogP contribution in [0.3, 0.4) is 0 Å². The van der Waals surface area contributed by atoms with Gasteiger partial charge in [0.1, 0.15) is 11.4 Å². The van der Waals surface area contributed by atoms with Gasteiger partial charge >= 0.3 is 0 Å². The van der Waals surface area contributed by atoms with Gasteiger partial charge in [0.25, 0.3) is 5.91 Å². The Kier molecular flexibility index (Phi) is 3.02. The molecule has 1 unspecified atom stereocenters. The molecule has 0 radical (unpaired) electrons. The number of rotatable bonds is 2. The molecule has 1 aromatic rings. The fraction of sp³-hybridized carbons (Fsp3) is 0.417. The zero-order valence-electron chi connectivity index (χ0n) is 9.63. The third-order valence-electron chi connectivity index (χ3n) is 2.95. The lowest BCUT2D eigenvalue weighted by atomic mass is 10.0. The Labute approximate surface area is 98.9 Å². The van der Waals surface area contributed by atoms with Crippen LogP contribution < -0.4 is 11.1 Å². The van der Waals surface area contributed by atoms with Crippen molar-refractivity contribution in [3.8, 4) is 0 Å². The van der Waals surface area contributed by atoms with Gasteiger partial charge in [-0.3, -0.25) is 4.79 Å². The molecule has 1 atom stereocenters. The highest BCUT2D eigenvalue weighted by Gasteiger charge is 2.37. The SMILES string of the molecule is CC1(C(=O)Nc2ccc(F)c(N)c2)CCCO1. The van der Waals surface area contributed by atoms with Gasteiger partial charge in [-0.05, 0) is 38.0 Å². The second kappa shape index (κ2) is 4.33. The molecule has 1 aliphatic rings. The number of nitrogens with two attached hydrogens (primary N) is 1. The van der Waals surface area contributed by atoms with Crippen LogP contribution in [0.25, 0.3) is 0 Å². The van der Waals surface area contributed by atoms with Crippen LogP contribution in [0.5, 0.6) is 0 Å². The molecule has 1 aromatic carbocycles. The van der Waals surface area contributed by atoms with Gasteiger partial charge in [0.05, 0.1) is 5.69 Å². The molecule has 5 heteroatoms. The monoisotopic (exact) mass is 238 g/mol. The molecule has 0 spiro atoms. The Morgan fingerprint density at radius 2 is 2.35 bits per heavy atom. The molecule has 0 aliphatic carbocycles. The molecule has 1 aliphatic heterocycles. The average Bonchev–Trinajstić information content (AvgIpc) is 2.72. The molecule has 0 aromatic heterocycles. The highest BCUT2D eigenvalue weighted by atomic mass is 19.1. The Balaban J connectivity index is 2.10. The zero-order chi connectivity index (χ0) is 12.5. The second-order valence-electron chi connectivity index (χ2n) is 4.37. The number of benzene rings is 1. The zero-order valence-corrected chi connectivity index (χ0v) is 9.63. The predicted octanol–water partition coefficient (Wildman–Crippen LogP) is 1.92. The molecule has 4 nitrogen and oxygen atoms in total. The molecule has 1 saturated heterocycles. The van der Waals surface area contributed by atoms with Gasteiger partial charge in [-0.25, -0.2) is 4.39 Å². The summed E-state index contributed by atoms with van der Waals surface area (Å²) in [5.74, 6) is -0.715. The van der Waals surface area contributed by atoms with Gasteiger partial charge in [-0.2, -0.15) is 0 Å². The lowest BCUT2D eigenvalue weighted by molar-refractivity contribution is -0.133. The summed E-state index contributed by atoms with van der Waals surface area (Å²) < 4.78 is 18.4. The number of nitrogen functional groups attached to an aromatic ring is 1. The number of ether oxygens (including phenoxy) is 1. The van der Waals surface area contributed by atoms with Crippen molar-refractivity contribution in [3.63, 3.8) is 0 Å². The minimum Gasteiger partial charge on any atom is -0.396 e. The first kappa shape index (κ1) is 11.9. The number of amides is 1. The Morgan fingerprint density at radius 1 is 1.59 bits per heavy atom. The first-order valence-electron chi connectivity index (χ1n) is 5.52. The number of anilines is 2. The van der Waals surface area contributed by atoms with E-state index in [1.165, 1.54) is 18.2 Å². The van der Waals surface area contributed by atoms with E-state index in [9.17, 15) is 9.18 Å². The Morgan fingerprint density at radius 3 is 2.94 bits per heavy atom. The number of hydrogen-bond donors (Lipinski definition) is 2. The van der Waals surface area contributed by atoms with Gasteiger partial charge in [-0.15, -0.1) is 0 Å². The summed E-state index contributed by atoms with van der Waals surface area (Å²) in [6.07, 6.45) is 1.56. The van der Waals surface area contributed by atoms with Gasteiger partial charge in [-0.1, -0.05) is 0 Å². The number of hydrogen-bond acceptors (Lipinski definition) is 3. The van der Waals surface area contributed by atoms with Crippen molar-refractivity contribution in [2.45, 2.75) is 25.4 Å². The highest BCUT2D eigenvalue weighted by Crippen LogP contribution is 2.27. The van der Waals surface area contributed by atoms with E-state index in [4.69, 9.17) is 10.5 Å². The second-order valence-corrected chi connectivity index (χ2v) is 4.37. The molecule has 2 rings (SSSR count). The van der Waals surface area contributed by atoms with Crippen molar-refractivity contribution in [1.29, 1.82) is 0 Å². The van der Waals surface area contributed by atoms with Crippen molar-refractivity contribution in [2.24, 2.45) is 0 Å². The van der Waals surface area contributed by atoms with E-state index in [1.54, 1.807) is 6.92 Å². The minimum absolute atomic E-state index is 0.0142. The molecule has 17 heavy (non-hydrogen) atoms. The fourth-order valence-corrected chi connectivity index (χ4v) is 1.84. The maximum Gasteiger partial charge on any atom is 0.256 e. The van der Waals surface area contributed by atoms with E-state index < -0.39 is 11.4 Å². The summed E-state index contributed by atoms with van der Waals surface area (Å²) in [6.45, 7) is 2.34. The number of nitrogens with one attached hydrogen (secondary N) is 1. The predicted molar refractivity (Wildman–Crippen MR) is 63.0 cm³/mol. The number of halogens is 1. The van der Waals surface area contributed by atoms with Crippen molar-refractivity contribution >= 4 is 17.3 Å². The summed E-state index contributed by atoms with van der Waals surface area (Å²) in [4.78, 5) is 12.0. The highest BCUT2D eigenvalue weighted by molar-refractivity contribution is 5.97. The molecule has 1 fully saturated rings. The third kappa shape index (κ3) is 2.39. The Bertz CT molecular complexity index is 442. The molecular weight excluding hydrogens is 223 g/mol. The fourth-order valence-electron chi connectivity index (χ4n) is 1.84. The van der Waals surface area contributed by atoms with E-state index in [2.05, 4.69) is 5.32 Å². The summed E-state index contributed by atoms with van der Waals surface area (Å²) in [7, 11) is 0. The maximum atomic E-state index is 13.0. The van der Waals surface area contributed by atoms with Crippen LogP contribution in [0.2, 0.25) is 0 Å². The van der Waals surface area contributed by atoms with E-state index in [-0.39, 0.29) is 11.6 Å². The number of carbonyl (C=O) groups excluding carboxylic acids is 1. The van der Waals surface area contributed by atoms with Crippen molar-refractivity contribution in [3.05, 3.63) is 24.0 Å². The molecule has 0 bridgehead atoms. The quantitative estimate of drug-likeness (QED) is 0.773. The van der Waals surface area contributed by atoms with Crippen molar-refractivity contribution < 1.29 is 13.9 Å². The van der Waals surface area contributed by atoms with Crippen molar-refractivity contribution in [1.82, 2.24) is 0 Å². The third-order valence-corrected chi connectivity index (χ3v) is 2.95. The van der Waals surface area contributed by atoms with Crippen LogP contribution in [0.1, 0.15) is 19.8 Å². The van der Waals surface area contributed by atoms with E-state index in [0.717, 1.165) is 6.42 Å². The van der Waals surface area contributed by atoms with Crippen molar-refractivity contribution in [2.75, 3.05) is 17.7 Å². The van der Waals surface area contributed by atoms with E-state index in [0.29, 0.717) is 18.7 Å². The Hall–Kier alpha value is -1.62. The lowest BCUT2D eigenvalue weighted by Gasteiger charge is -2.21. The smallest absolute Gasteiger partial charge is 0.256 e. The average molecular weight is 238 g/mol. The standard InChI is InChI=1S/C12H15FN2O2/c1-12(5-2-6-17-12)11(16)15-8-3-4-9(13)10(14)7-8/h3-4,7H,2,5-6,14H2,1H3,(H,15,16). The first-order valence-corrected chi connectivity index (χ1v) is 5.52. The first-order chi connectivity index (χ1) is 8.01. The lowest BCUT2D eigenvalue weighted by Crippen LogP contribution is -2.39. The van der Waals surface area contributed by atoms with Crippen LogP contribution in [-0.2, 0) is 9.53 Å². The number of carbonyl (C=O) groups is 1. The molecule has 1 amide bonds. The van der Waals surface area contributed by atoms with Crippen LogP contribution >= 0.6 is 0 Å². The largest absolute Gasteiger partial charge is 0.396 e. The molecule has 1 heterocycles. The van der Waals surface area contributed by atoms with Gasteiger partial charge in [0.15, 0.2) is 0 Å². The molecule has 3 N–H and O–H groups in total. The van der Waals surface area contributed by atoms with Gasteiger partial charge in [0.2, 0.25) is 0 Å². The van der Waals surface area contributed by atoms with E-state index in [1.807, 2.05) is 0 Å². The van der Waals surface area contributed by atoms with Gasteiger partial charge < -0.3 is 15.8 Å². The maximum absolute atomic E-state index is 13.0. The topological polar surface area (TPSA) is 64.4 Å². The van der Waals surface area contributed by atoms with Gasteiger partial charge in [0, 0.05) is 12.3 Å². The summed E-state index contributed by atoms with van der Waals surface area (Å²) in [6, 6.07) is 4.09. The molecule has 92 valence electrons. The minimum atomic E-state index is -0.789. The van der Waals surface area contributed by atoms with Crippen LogP contribution in [0.15, 0.2) is 18.2 Å². The summed E-state index contributed by atoms with van der Waals surface area (Å²) in [5, 5.41) is 2.68. The van der Waals surface area contributed by atoms with Crippen LogP contribution in [-0.4, -0.2) is 18.1 Å². The summed E-state index contributed by atoms with van der Waals surface area (Å²) in [5.41, 5.74) is 5.13. The summed E-state index contributed by atoms with van der Waals surface area (Å²) >= 11 is 0.